The number of hydrogen-bond donors (Lipinski definition) is 0. The zero-order chi connectivity index (χ0) is 8.31. The summed E-state index contributed by atoms with van der Waals surface area (Å²) in [7, 11) is 13.0. The van der Waals surface area contributed by atoms with Gasteiger partial charge in [-0.3, -0.25) is 0 Å². The second-order valence-corrected chi connectivity index (χ2v) is 14.8. The molecule has 0 spiro atoms. The van der Waals surface area contributed by atoms with Crippen molar-refractivity contribution in [1.29, 1.82) is 0 Å². The van der Waals surface area contributed by atoms with Crippen LogP contribution in [0.3, 0.4) is 0 Å². The summed E-state index contributed by atoms with van der Waals surface area (Å²) in [5.74, 6) is 0. The first-order valence-electron chi connectivity index (χ1n) is 3.35. The van der Waals surface area contributed by atoms with Crippen LogP contribution in [0.5, 0.6) is 0 Å². The zero-order valence-corrected chi connectivity index (χ0v) is 11.4. The number of nitrogens with zero attached hydrogens (tertiary/aromatic N) is 3. The van der Waals surface area contributed by atoms with E-state index >= 15 is 0 Å². The van der Waals surface area contributed by atoms with Crippen molar-refractivity contribution >= 4 is 0 Å². The SMILES string of the molecule is C[N](C)[Hf]([N](C)C)[N](C)C. The molecular formula is C6H18HfN3. The van der Waals surface area contributed by atoms with Crippen molar-refractivity contribution < 1.29 is 22.3 Å². The van der Waals surface area contributed by atoms with Crippen LogP contribution < -0.4 is 0 Å². The second-order valence-electron chi connectivity index (χ2n) is 2.98. The summed E-state index contributed by atoms with van der Waals surface area (Å²) in [6.07, 6.45) is 0. The van der Waals surface area contributed by atoms with Gasteiger partial charge in [-0.1, -0.05) is 0 Å². The molecule has 0 atom stereocenters. The molecule has 0 aromatic heterocycles. The molecule has 0 unspecified atom stereocenters. The molecule has 0 saturated heterocycles. The predicted octanol–water partition coefficient (Wildman–Crippen LogP) is 0.0344. The summed E-state index contributed by atoms with van der Waals surface area (Å²) < 4.78 is 7.14. The summed E-state index contributed by atoms with van der Waals surface area (Å²) in [4.78, 5) is 0. The second kappa shape index (κ2) is 4.59. The van der Waals surface area contributed by atoms with E-state index in [1.165, 1.54) is 0 Å². The van der Waals surface area contributed by atoms with Crippen LogP contribution in [0.1, 0.15) is 0 Å². The van der Waals surface area contributed by atoms with Gasteiger partial charge in [-0.15, -0.1) is 0 Å². The van der Waals surface area contributed by atoms with Gasteiger partial charge in [0, 0.05) is 0 Å². The predicted molar refractivity (Wildman–Crippen MR) is 41.1 cm³/mol. The molecule has 0 N–H and O–H groups in total. The first-order valence-corrected chi connectivity index (χ1v) is 8.17. The minimum atomic E-state index is -1.67. The van der Waals surface area contributed by atoms with Gasteiger partial charge >= 0.3 is 73.2 Å². The van der Waals surface area contributed by atoms with E-state index in [1.54, 1.807) is 0 Å². The van der Waals surface area contributed by atoms with Crippen LogP contribution in [-0.2, 0) is 22.3 Å². The van der Waals surface area contributed by atoms with Gasteiger partial charge in [-0.25, -0.2) is 0 Å². The fourth-order valence-corrected chi connectivity index (χ4v) is 9.82. The van der Waals surface area contributed by atoms with E-state index in [1.807, 2.05) is 0 Å². The van der Waals surface area contributed by atoms with Crippen molar-refractivity contribution in [2.24, 2.45) is 0 Å². The molecule has 4 heteroatoms. The van der Waals surface area contributed by atoms with Crippen molar-refractivity contribution in [2.75, 3.05) is 42.3 Å². The van der Waals surface area contributed by atoms with E-state index in [-0.39, 0.29) is 0 Å². The Kier molecular flexibility index (Phi) is 4.94. The van der Waals surface area contributed by atoms with Crippen LogP contribution in [0.25, 0.3) is 0 Å². The topological polar surface area (TPSA) is 9.72 Å². The van der Waals surface area contributed by atoms with Gasteiger partial charge in [0.25, 0.3) is 0 Å². The van der Waals surface area contributed by atoms with E-state index in [9.17, 15) is 0 Å². The van der Waals surface area contributed by atoms with E-state index in [0.29, 0.717) is 0 Å². The fourth-order valence-electron chi connectivity index (χ4n) is 1.20. The van der Waals surface area contributed by atoms with E-state index in [0.717, 1.165) is 0 Å². The standard InChI is InChI=1S/3C2H6N.Hf/c3*1-3-2;/h3*1-2H3;/q3*-1;+3. The van der Waals surface area contributed by atoms with Crippen molar-refractivity contribution in [2.45, 2.75) is 0 Å². The average molecular weight is 311 g/mol. The third kappa shape index (κ3) is 3.23. The van der Waals surface area contributed by atoms with Crippen LogP contribution in [0.2, 0.25) is 0 Å². The molecule has 0 rings (SSSR count). The molecule has 0 fully saturated rings. The Balaban J connectivity index is 3.98. The zero-order valence-electron chi connectivity index (χ0n) is 7.84. The Morgan fingerprint density at radius 1 is 0.600 bits per heavy atom. The first-order chi connectivity index (χ1) is 4.46. The first kappa shape index (κ1) is 10.8. The molecule has 0 heterocycles. The number of hydrogen-bond acceptors (Lipinski definition) is 3. The minimum absolute atomic E-state index is 1.67. The van der Waals surface area contributed by atoms with Gasteiger partial charge in [0.2, 0.25) is 0 Å². The Labute approximate surface area is 73.3 Å². The maximum atomic E-state index is 2.38. The molecule has 0 aromatic carbocycles. The van der Waals surface area contributed by atoms with E-state index in [2.05, 4.69) is 50.9 Å². The van der Waals surface area contributed by atoms with Gasteiger partial charge in [-0.05, 0) is 0 Å². The fraction of sp³-hybridized carbons (Fsp3) is 1.00. The van der Waals surface area contributed by atoms with E-state index in [4.69, 9.17) is 0 Å². The quantitative estimate of drug-likeness (QED) is 0.681. The summed E-state index contributed by atoms with van der Waals surface area (Å²) in [6, 6.07) is 0. The molecule has 0 aliphatic rings. The van der Waals surface area contributed by atoms with Crippen LogP contribution in [0, 0.1) is 0 Å². The van der Waals surface area contributed by atoms with Crippen LogP contribution in [0.15, 0.2) is 0 Å². The molecule has 0 bridgehead atoms. The van der Waals surface area contributed by atoms with Crippen molar-refractivity contribution in [3.8, 4) is 0 Å². The molecule has 10 heavy (non-hydrogen) atoms. The normalized spacial score (nSPS) is 11.7. The van der Waals surface area contributed by atoms with Crippen LogP contribution >= 0.6 is 0 Å². The molecule has 0 saturated carbocycles. The molecule has 0 radical (unpaired) electrons. The Morgan fingerprint density at radius 3 is 0.800 bits per heavy atom. The van der Waals surface area contributed by atoms with Crippen LogP contribution in [-0.4, -0.2) is 50.9 Å². The molecule has 3 nitrogen and oxygen atoms in total. The molecule has 61 valence electrons. The van der Waals surface area contributed by atoms with Gasteiger partial charge in [0.05, 0.1) is 0 Å². The van der Waals surface area contributed by atoms with Gasteiger partial charge in [0.15, 0.2) is 0 Å². The van der Waals surface area contributed by atoms with E-state index < -0.39 is 22.3 Å². The third-order valence-electron chi connectivity index (χ3n) is 1.20. The summed E-state index contributed by atoms with van der Waals surface area (Å²) in [6.45, 7) is 0. The Hall–Kier alpha value is 0.750. The van der Waals surface area contributed by atoms with Crippen molar-refractivity contribution in [3.63, 3.8) is 0 Å². The molecular weight excluding hydrogens is 293 g/mol. The summed E-state index contributed by atoms with van der Waals surface area (Å²) in [5, 5.41) is 0. The number of rotatable bonds is 3. The Bertz CT molecular complexity index is 74.0. The van der Waals surface area contributed by atoms with Gasteiger partial charge in [-0.2, -0.15) is 0 Å². The molecule has 0 aliphatic carbocycles. The third-order valence-corrected chi connectivity index (χ3v) is 9.82. The van der Waals surface area contributed by atoms with Gasteiger partial charge in [0.1, 0.15) is 0 Å². The Morgan fingerprint density at radius 2 is 0.800 bits per heavy atom. The van der Waals surface area contributed by atoms with Crippen molar-refractivity contribution in [3.05, 3.63) is 0 Å². The molecule has 0 aliphatic heterocycles. The molecule has 0 amide bonds. The van der Waals surface area contributed by atoms with Gasteiger partial charge < -0.3 is 0 Å². The monoisotopic (exact) mass is 312 g/mol. The summed E-state index contributed by atoms with van der Waals surface area (Å²) >= 11 is -1.67. The van der Waals surface area contributed by atoms with Crippen LogP contribution in [0.4, 0.5) is 0 Å². The molecule has 0 aromatic rings. The maximum absolute atomic E-state index is 2.38. The van der Waals surface area contributed by atoms with Crippen molar-refractivity contribution in [1.82, 2.24) is 8.66 Å². The summed E-state index contributed by atoms with van der Waals surface area (Å²) in [5.41, 5.74) is 0. The average Bonchev–Trinajstić information content (AvgIpc) is 1.59.